The van der Waals surface area contributed by atoms with Gasteiger partial charge in [0.25, 0.3) is 0 Å². The molecule has 0 heterocycles. The molecule has 0 aliphatic heterocycles. The molecule has 1 atom stereocenters. The Labute approximate surface area is 85.9 Å². The van der Waals surface area contributed by atoms with Gasteiger partial charge in [-0.1, -0.05) is 0 Å². The van der Waals surface area contributed by atoms with Crippen LogP contribution in [0, 0.1) is 0 Å². The van der Waals surface area contributed by atoms with E-state index in [4.69, 9.17) is 14.6 Å². The second kappa shape index (κ2) is 9.11. The Kier molecular flexibility index (Phi) is 8.81. The molecule has 0 aliphatic carbocycles. The number of carbonyl (C=O) groups excluding carboxylic acids is 1. The van der Waals surface area contributed by atoms with Crippen molar-refractivity contribution in [1.29, 1.82) is 0 Å². The van der Waals surface area contributed by atoms with Gasteiger partial charge in [0.2, 0.25) is 0 Å². The second-order valence-corrected chi connectivity index (χ2v) is 4.01. The number of hydrogen-bond acceptors (Lipinski definition) is 5. The van der Waals surface area contributed by atoms with Gasteiger partial charge in [0.1, 0.15) is 12.4 Å². The molecule has 0 saturated heterocycles. The number of hydrogen-bond donors (Lipinski definition) is 1. The van der Waals surface area contributed by atoms with Crippen LogP contribution in [-0.4, -0.2) is 53.2 Å². The second-order valence-electron chi connectivity index (χ2n) is 2.43. The summed E-state index contributed by atoms with van der Waals surface area (Å²) in [4.78, 5) is 10.9. The van der Waals surface area contributed by atoms with Gasteiger partial charge in [-0.2, -0.15) is 0 Å². The normalized spacial score (nSPS) is 12.4. The Morgan fingerprint density at radius 2 is 2.14 bits per heavy atom. The number of rotatable bonds is 8. The summed E-state index contributed by atoms with van der Waals surface area (Å²) in [5.74, 6) is -0.566. The van der Waals surface area contributed by atoms with E-state index in [-0.39, 0.29) is 24.7 Å². The maximum atomic E-state index is 11.0. The van der Waals surface area contributed by atoms with E-state index in [2.05, 4.69) is 0 Å². The fourth-order valence-corrected chi connectivity index (χ4v) is 1.40. The molecule has 0 aliphatic rings. The van der Waals surface area contributed by atoms with Crippen LogP contribution in [0.5, 0.6) is 0 Å². The fourth-order valence-electron chi connectivity index (χ4n) is 0.706. The lowest BCUT2D eigenvalue weighted by molar-refractivity contribution is -0.141. The molecule has 1 N–H and O–H groups in total. The highest BCUT2D eigenvalue weighted by atomic mass is 32.2. The summed E-state index contributed by atoms with van der Waals surface area (Å²) in [6.07, 6.45) is 0. The van der Waals surface area contributed by atoms with Crippen LogP contribution in [0.3, 0.4) is 0 Å². The van der Waals surface area contributed by atoms with Gasteiger partial charge >= 0.3 is 5.97 Å². The molecule has 0 aromatic heterocycles. The van der Waals surface area contributed by atoms with Crippen molar-refractivity contribution < 1.29 is 23.6 Å². The molecular formula is C8H16O5S. The van der Waals surface area contributed by atoms with Gasteiger partial charge < -0.3 is 14.6 Å². The maximum Gasteiger partial charge on any atom is 0.318 e. The molecular weight excluding hydrogens is 208 g/mol. The van der Waals surface area contributed by atoms with Gasteiger partial charge in [-0.3, -0.25) is 9.00 Å². The van der Waals surface area contributed by atoms with Crippen LogP contribution < -0.4 is 0 Å². The lowest BCUT2D eigenvalue weighted by Gasteiger charge is -2.04. The van der Waals surface area contributed by atoms with Crippen molar-refractivity contribution >= 4 is 16.8 Å². The number of aliphatic hydroxyl groups is 1. The number of aliphatic hydroxyl groups excluding tert-OH is 1. The summed E-state index contributed by atoms with van der Waals surface area (Å²) in [5, 5.41) is 8.43. The minimum Gasteiger partial charge on any atom is -0.463 e. The Bertz CT molecular complexity index is 183. The molecule has 0 bridgehead atoms. The van der Waals surface area contributed by atoms with E-state index in [1.165, 1.54) is 0 Å². The van der Waals surface area contributed by atoms with E-state index in [1.54, 1.807) is 0 Å². The standard InChI is InChI=1S/C8H16O5S/c1-2-12-4-5-13-8(10)7-14(11)6-3-9/h9H,2-7H2,1H3. The topological polar surface area (TPSA) is 72.8 Å². The first-order chi connectivity index (χ1) is 6.70. The highest BCUT2D eigenvalue weighted by Gasteiger charge is 2.08. The zero-order valence-corrected chi connectivity index (χ0v) is 9.05. The zero-order valence-electron chi connectivity index (χ0n) is 8.23. The van der Waals surface area contributed by atoms with E-state index in [9.17, 15) is 9.00 Å². The molecule has 0 spiro atoms. The minimum atomic E-state index is -1.32. The van der Waals surface area contributed by atoms with Gasteiger partial charge in [0.05, 0.1) is 13.2 Å². The largest absolute Gasteiger partial charge is 0.463 e. The summed E-state index contributed by atoms with van der Waals surface area (Å²) < 4.78 is 20.6. The molecule has 1 unspecified atom stereocenters. The number of ether oxygens (including phenoxy) is 2. The Morgan fingerprint density at radius 1 is 1.43 bits per heavy atom. The summed E-state index contributed by atoms with van der Waals surface area (Å²) in [7, 11) is -1.32. The van der Waals surface area contributed by atoms with Crippen LogP contribution >= 0.6 is 0 Å². The Morgan fingerprint density at radius 3 is 2.71 bits per heavy atom. The summed E-state index contributed by atoms with van der Waals surface area (Å²) in [6, 6.07) is 0. The third-order valence-electron chi connectivity index (χ3n) is 1.29. The first kappa shape index (κ1) is 13.5. The van der Waals surface area contributed by atoms with Crippen molar-refractivity contribution in [3.63, 3.8) is 0 Å². The molecule has 0 saturated carbocycles. The van der Waals surface area contributed by atoms with Gasteiger partial charge in [0.15, 0.2) is 0 Å². The summed E-state index contributed by atoms with van der Waals surface area (Å²) >= 11 is 0. The molecule has 0 rings (SSSR count). The number of carbonyl (C=O) groups is 1. The molecule has 6 heteroatoms. The lowest BCUT2D eigenvalue weighted by atomic mass is 10.7. The van der Waals surface area contributed by atoms with Gasteiger partial charge in [0, 0.05) is 23.2 Å². The average molecular weight is 224 g/mol. The van der Waals surface area contributed by atoms with Crippen LogP contribution in [0.15, 0.2) is 0 Å². The highest BCUT2D eigenvalue weighted by Crippen LogP contribution is 1.87. The van der Waals surface area contributed by atoms with Crippen LogP contribution in [0.25, 0.3) is 0 Å². The Balaban J connectivity index is 3.40. The molecule has 0 radical (unpaired) electrons. The molecule has 84 valence electrons. The van der Waals surface area contributed by atoms with E-state index >= 15 is 0 Å². The number of esters is 1. The first-order valence-electron chi connectivity index (χ1n) is 4.40. The first-order valence-corrected chi connectivity index (χ1v) is 5.88. The Hall–Kier alpha value is -0.460. The summed E-state index contributed by atoms with van der Waals surface area (Å²) in [6.45, 7) is 2.78. The fraction of sp³-hybridized carbons (Fsp3) is 0.875. The van der Waals surface area contributed by atoms with Crippen LogP contribution in [0.1, 0.15) is 6.92 Å². The van der Waals surface area contributed by atoms with Crippen LogP contribution in [-0.2, 0) is 25.1 Å². The SMILES string of the molecule is CCOCCOC(=O)CS(=O)CCO. The van der Waals surface area contributed by atoms with E-state index in [1.807, 2.05) is 6.92 Å². The monoisotopic (exact) mass is 224 g/mol. The molecule has 14 heavy (non-hydrogen) atoms. The van der Waals surface area contributed by atoms with Gasteiger partial charge in [-0.15, -0.1) is 0 Å². The smallest absolute Gasteiger partial charge is 0.318 e. The lowest BCUT2D eigenvalue weighted by Crippen LogP contribution is -2.19. The van der Waals surface area contributed by atoms with Crippen molar-refractivity contribution in [2.24, 2.45) is 0 Å². The van der Waals surface area contributed by atoms with Crippen molar-refractivity contribution in [3.8, 4) is 0 Å². The maximum absolute atomic E-state index is 11.0. The van der Waals surface area contributed by atoms with E-state index in [0.29, 0.717) is 13.2 Å². The van der Waals surface area contributed by atoms with Crippen molar-refractivity contribution in [1.82, 2.24) is 0 Å². The quantitative estimate of drug-likeness (QED) is 0.436. The predicted molar refractivity (Wildman–Crippen MR) is 52.4 cm³/mol. The van der Waals surface area contributed by atoms with E-state index in [0.717, 1.165) is 0 Å². The highest BCUT2D eigenvalue weighted by molar-refractivity contribution is 7.85. The van der Waals surface area contributed by atoms with Crippen molar-refractivity contribution in [3.05, 3.63) is 0 Å². The van der Waals surface area contributed by atoms with Crippen molar-refractivity contribution in [2.75, 3.05) is 37.9 Å². The van der Waals surface area contributed by atoms with Crippen LogP contribution in [0.4, 0.5) is 0 Å². The zero-order chi connectivity index (χ0) is 10.8. The molecule has 0 aromatic carbocycles. The average Bonchev–Trinajstić information content (AvgIpc) is 2.13. The third kappa shape index (κ3) is 8.15. The van der Waals surface area contributed by atoms with Gasteiger partial charge in [-0.05, 0) is 6.92 Å². The molecule has 0 amide bonds. The van der Waals surface area contributed by atoms with Gasteiger partial charge in [-0.25, -0.2) is 0 Å². The summed E-state index contributed by atoms with van der Waals surface area (Å²) in [5.41, 5.74) is 0. The minimum absolute atomic E-state index is 0.112. The van der Waals surface area contributed by atoms with E-state index < -0.39 is 16.8 Å². The molecule has 5 nitrogen and oxygen atoms in total. The molecule has 0 aromatic rings. The van der Waals surface area contributed by atoms with Crippen LogP contribution in [0.2, 0.25) is 0 Å². The molecule has 0 fully saturated rings. The predicted octanol–water partition coefficient (Wildman–Crippen LogP) is -0.693. The third-order valence-corrected chi connectivity index (χ3v) is 2.49. The van der Waals surface area contributed by atoms with Crippen molar-refractivity contribution in [2.45, 2.75) is 6.92 Å².